The molecule has 1 aliphatic heterocycles. The van der Waals surface area contributed by atoms with E-state index in [1.54, 1.807) is 7.11 Å². The van der Waals surface area contributed by atoms with E-state index in [0.29, 0.717) is 12.5 Å². The van der Waals surface area contributed by atoms with Crippen LogP contribution in [0.2, 0.25) is 0 Å². The molecule has 1 aromatic rings. The minimum Gasteiger partial charge on any atom is -0.497 e. The van der Waals surface area contributed by atoms with Crippen LogP contribution in [0.1, 0.15) is 27.7 Å². The number of anilines is 1. The summed E-state index contributed by atoms with van der Waals surface area (Å²) < 4.78 is 11.0. The summed E-state index contributed by atoms with van der Waals surface area (Å²) in [7, 11) is 1.65. The highest BCUT2D eigenvalue weighted by Crippen LogP contribution is 2.21. The third-order valence-electron chi connectivity index (χ3n) is 4.27. The molecule has 25 heavy (non-hydrogen) atoms. The number of morpholine rings is 1. The number of guanidine groups is 1. The fourth-order valence-corrected chi connectivity index (χ4v) is 2.91. The van der Waals surface area contributed by atoms with E-state index in [0.717, 1.165) is 24.5 Å². The van der Waals surface area contributed by atoms with Crippen molar-refractivity contribution in [2.24, 2.45) is 10.7 Å². The summed E-state index contributed by atoms with van der Waals surface area (Å²) in [6, 6.07) is 7.60. The monoisotopic (exact) mass is 462 g/mol. The molecule has 0 aliphatic carbocycles. The zero-order valence-corrected chi connectivity index (χ0v) is 18.1. The first kappa shape index (κ1) is 22.0. The van der Waals surface area contributed by atoms with Crippen LogP contribution < -0.4 is 15.8 Å². The average Bonchev–Trinajstić information content (AvgIpc) is 2.53. The number of nitrogens with two attached hydrogens (primary N) is 1. The van der Waals surface area contributed by atoms with Crippen LogP contribution in [-0.2, 0) is 4.74 Å². The Balaban J connectivity index is 0.00000312. The standard InChI is InChI=1S/C18H30N4O2.HI/c1-13-10-22(11-14(2)24-13)18(3,4)12-20-17(19)21-15-6-8-16(23-5)9-7-15;/h6-9,13-14H,10-12H2,1-5H3,(H3,19,20,21);1H. The Morgan fingerprint density at radius 1 is 1.28 bits per heavy atom. The van der Waals surface area contributed by atoms with Gasteiger partial charge in [0.05, 0.1) is 25.9 Å². The molecule has 1 fully saturated rings. The van der Waals surface area contributed by atoms with Crippen LogP contribution in [0.5, 0.6) is 5.75 Å². The summed E-state index contributed by atoms with van der Waals surface area (Å²) in [6.45, 7) is 11.1. The van der Waals surface area contributed by atoms with E-state index >= 15 is 0 Å². The number of aliphatic imine (C=N–C) groups is 1. The Morgan fingerprint density at radius 2 is 1.84 bits per heavy atom. The first-order valence-electron chi connectivity index (χ1n) is 8.41. The number of rotatable bonds is 5. The second-order valence-electron chi connectivity index (χ2n) is 7.03. The number of ether oxygens (including phenoxy) is 2. The molecule has 0 amide bonds. The molecule has 6 nitrogen and oxygen atoms in total. The van der Waals surface area contributed by atoms with Crippen molar-refractivity contribution in [3.63, 3.8) is 0 Å². The third kappa shape index (κ3) is 6.63. The molecule has 2 unspecified atom stereocenters. The molecule has 0 aromatic heterocycles. The van der Waals surface area contributed by atoms with Gasteiger partial charge in [0.2, 0.25) is 0 Å². The predicted octanol–water partition coefficient (Wildman–Crippen LogP) is 2.93. The molecule has 7 heteroatoms. The van der Waals surface area contributed by atoms with Crippen molar-refractivity contribution in [3.05, 3.63) is 24.3 Å². The SMILES string of the molecule is COc1ccc(NC(N)=NCC(C)(C)N2CC(C)OC(C)C2)cc1.I. The van der Waals surface area contributed by atoms with E-state index in [-0.39, 0.29) is 41.7 Å². The van der Waals surface area contributed by atoms with Gasteiger partial charge in [-0.25, -0.2) is 0 Å². The predicted molar refractivity (Wildman–Crippen MR) is 114 cm³/mol. The normalized spacial score (nSPS) is 22.2. The van der Waals surface area contributed by atoms with E-state index < -0.39 is 0 Å². The van der Waals surface area contributed by atoms with Crippen molar-refractivity contribution < 1.29 is 9.47 Å². The van der Waals surface area contributed by atoms with Gasteiger partial charge in [0, 0.05) is 24.3 Å². The van der Waals surface area contributed by atoms with Crippen molar-refractivity contribution in [1.82, 2.24) is 4.90 Å². The van der Waals surface area contributed by atoms with Gasteiger partial charge in [-0.3, -0.25) is 9.89 Å². The maximum absolute atomic E-state index is 6.03. The average molecular weight is 462 g/mol. The van der Waals surface area contributed by atoms with Crippen molar-refractivity contribution >= 4 is 35.6 Å². The third-order valence-corrected chi connectivity index (χ3v) is 4.27. The van der Waals surface area contributed by atoms with Crippen LogP contribution in [0.15, 0.2) is 29.3 Å². The summed E-state index contributed by atoms with van der Waals surface area (Å²) in [5, 5.41) is 3.12. The molecule has 1 heterocycles. The first-order chi connectivity index (χ1) is 11.3. The lowest BCUT2D eigenvalue weighted by molar-refractivity contribution is -0.0939. The van der Waals surface area contributed by atoms with Crippen LogP contribution >= 0.6 is 24.0 Å². The Hall–Kier alpha value is -1.06. The van der Waals surface area contributed by atoms with Crippen molar-refractivity contribution in [2.45, 2.75) is 45.4 Å². The number of nitrogens with one attached hydrogen (secondary N) is 1. The molecular weight excluding hydrogens is 431 g/mol. The van der Waals surface area contributed by atoms with E-state index in [1.165, 1.54) is 0 Å². The maximum Gasteiger partial charge on any atom is 0.193 e. The second-order valence-corrected chi connectivity index (χ2v) is 7.03. The molecule has 2 rings (SSSR count). The van der Waals surface area contributed by atoms with Gasteiger partial charge in [-0.2, -0.15) is 0 Å². The highest BCUT2D eigenvalue weighted by atomic mass is 127. The molecule has 0 bridgehead atoms. The van der Waals surface area contributed by atoms with E-state index in [9.17, 15) is 0 Å². The topological polar surface area (TPSA) is 72.1 Å². The molecule has 0 saturated carbocycles. The van der Waals surface area contributed by atoms with Crippen molar-refractivity contribution in [3.8, 4) is 5.75 Å². The van der Waals surface area contributed by atoms with Crippen molar-refractivity contribution in [2.75, 3.05) is 32.1 Å². The Bertz CT molecular complexity index is 553. The Morgan fingerprint density at radius 3 is 2.36 bits per heavy atom. The minimum absolute atomic E-state index is 0. The smallest absolute Gasteiger partial charge is 0.193 e. The first-order valence-corrected chi connectivity index (χ1v) is 8.41. The van der Waals surface area contributed by atoms with Gasteiger partial charge < -0.3 is 20.5 Å². The quantitative estimate of drug-likeness (QED) is 0.400. The summed E-state index contributed by atoms with van der Waals surface area (Å²) in [5.41, 5.74) is 6.85. The second kappa shape index (κ2) is 9.59. The number of hydrogen-bond acceptors (Lipinski definition) is 4. The molecule has 3 N–H and O–H groups in total. The van der Waals surface area contributed by atoms with E-state index in [1.807, 2.05) is 24.3 Å². The van der Waals surface area contributed by atoms with Crippen LogP contribution in [-0.4, -0.2) is 55.4 Å². The summed E-state index contributed by atoms with van der Waals surface area (Å²) in [6.07, 6.45) is 0.485. The molecule has 2 atom stereocenters. The van der Waals surface area contributed by atoms with Gasteiger partial charge >= 0.3 is 0 Å². The van der Waals surface area contributed by atoms with Gasteiger partial charge in [-0.15, -0.1) is 24.0 Å². The Kier molecular flexibility index (Phi) is 8.43. The highest BCUT2D eigenvalue weighted by Gasteiger charge is 2.33. The number of hydrogen-bond donors (Lipinski definition) is 2. The van der Waals surface area contributed by atoms with E-state index in [4.69, 9.17) is 15.2 Å². The van der Waals surface area contributed by atoms with Gasteiger partial charge in [0.25, 0.3) is 0 Å². The van der Waals surface area contributed by atoms with Crippen LogP contribution in [0.4, 0.5) is 5.69 Å². The zero-order valence-electron chi connectivity index (χ0n) is 15.8. The summed E-state index contributed by atoms with van der Waals surface area (Å²) >= 11 is 0. The molecule has 1 aliphatic rings. The van der Waals surface area contributed by atoms with Gasteiger partial charge in [-0.1, -0.05) is 0 Å². The number of nitrogens with zero attached hydrogens (tertiary/aromatic N) is 2. The van der Waals surface area contributed by atoms with Crippen LogP contribution in [0.25, 0.3) is 0 Å². The highest BCUT2D eigenvalue weighted by molar-refractivity contribution is 14.0. The summed E-state index contributed by atoms with van der Waals surface area (Å²) in [4.78, 5) is 6.96. The Labute approximate surface area is 168 Å². The molecule has 0 radical (unpaired) electrons. The fraction of sp³-hybridized carbons (Fsp3) is 0.611. The van der Waals surface area contributed by atoms with Gasteiger partial charge in [0.1, 0.15) is 5.75 Å². The molecule has 1 aromatic carbocycles. The number of halogens is 1. The summed E-state index contributed by atoms with van der Waals surface area (Å²) in [5.74, 6) is 1.23. The molecular formula is C18H31IN4O2. The lowest BCUT2D eigenvalue weighted by Crippen LogP contribution is -2.56. The van der Waals surface area contributed by atoms with Crippen LogP contribution in [0.3, 0.4) is 0 Å². The largest absolute Gasteiger partial charge is 0.497 e. The lowest BCUT2D eigenvalue weighted by Gasteiger charge is -2.44. The molecule has 1 saturated heterocycles. The van der Waals surface area contributed by atoms with E-state index in [2.05, 4.69) is 42.9 Å². The minimum atomic E-state index is -0.0709. The number of benzene rings is 1. The zero-order chi connectivity index (χ0) is 17.7. The van der Waals surface area contributed by atoms with Gasteiger partial charge in [0.15, 0.2) is 5.96 Å². The number of methoxy groups -OCH3 is 1. The van der Waals surface area contributed by atoms with Crippen molar-refractivity contribution in [1.29, 1.82) is 0 Å². The fourth-order valence-electron chi connectivity index (χ4n) is 2.91. The lowest BCUT2D eigenvalue weighted by atomic mass is 10.0. The molecule has 0 spiro atoms. The van der Waals surface area contributed by atoms with Crippen LogP contribution in [0, 0.1) is 0 Å². The van der Waals surface area contributed by atoms with Gasteiger partial charge in [-0.05, 0) is 52.0 Å². The maximum atomic E-state index is 6.03. The molecule has 142 valence electrons.